The topological polar surface area (TPSA) is 29.3 Å². The van der Waals surface area contributed by atoms with Crippen LogP contribution in [0.5, 0.6) is 0 Å². The normalized spacial score (nSPS) is 14.9. The molecule has 0 amide bonds. The molecule has 0 radical (unpaired) electrons. The molecule has 2 N–H and O–H groups in total. The average molecular weight is 283 g/mol. The molecular weight excluding hydrogens is 264 g/mol. The van der Waals surface area contributed by atoms with E-state index in [1.165, 1.54) is 12.8 Å². The molecule has 1 aromatic rings. The van der Waals surface area contributed by atoms with E-state index in [1.807, 2.05) is 18.2 Å². The molecule has 1 aliphatic carbocycles. The Morgan fingerprint density at radius 3 is 2.67 bits per heavy atom. The van der Waals surface area contributed by atoms with Crippen molar-refractivity contribution < 1.29 is 0 Å². The number of hydrogen-bond acceptors (Lipinski definition) is 2. The Hall–Kier alpha value is -0.800. The van der Waals surface area contributed by atoms with Crippen molar-refractivity contribution in [2.45, 2.75) is 32.7 Å². The molecule has 4 heteroatoms. The van der Waals surface area contributed by atoms with Crippen molar-refractivity contribution in [3.05, 3.63) is 28.8 Å². The third-order valence-corrected chi connectivity index (χ3v) is 3.54. The summed E-state index contributed by atoms with van der Waals surface area (Å²) >= 11 is 11.2. The van der Waals surface area contributed by atoms with Gasteiger partial charge in [0.15, 0.2) is 0 Å². The SMILES string of the molecule is CC(C)CN(c1ccc(Cl)cc1C(N)=S)C1CC1. The molecule has 18 heavy (non-hydrogen) atoms. The van der Waals surface area contributed by atoms with Gasteiger partial charge in [-0.05, 0) is 37.0 Å². The fourth-order valence-corrected chi connectivity index (χ4v) is 2.52. The zero-order valence-corrected chi connectivity index (χ0v) is 12.4. The van der Waals surface area contributed by atoms with Crippen molar-refractivity contribution in [1.82, 2.24) is 0 Å². The summed E-state index contributed by atoms with van der Waals surface area (Å²) in [7, 11) is 0. The number of nitrogens with two attached hydrogens (primary N) is 1. The number of halogens is 1. The third-order valence-electron chi connectivity index (χ3n) is 3.08. The lowest BCUT2D eigenvalue weighted by atomic mass is 10.1. The van der Waals surface area contributed by atoms with Crippen LogP contribution in [0.2, 0.25) is 5.02 Å². The van der Waals surface area contributed by atoms with Gasteiger partial charge in [0.1, 0.15) is 4.99 Å². The first kappa shape index (κ1) is 13.6. The zero-order chi connectivity index (χ0) is 13.3. The second-order valence-corrected chi connectivity index (χ2v) is 6.18. The van der Waals surface area contributed by atoms with Crippen molar-refractivity contribution in [2.75, 3.05) is 11.4 Å². The summed E-state index contributed by atoms with van der Waals surface area (Å²) < 4.78 is 0. The smallest absolute Gasteiger partial charge is 0.106 e. The van der Waals surface area contributed by atoms with Gasteiger partial charge in [0, 0.05) is 28.9 Å². The van der Waals surface area contributed by atoms with Gasteiger partial charge in [0.25, 0.3) is 0 Å². The van der Waals surface area contributed by atoms with Crippen molar-refractivity contribution in [3.8, 4) is 0 Å². The highest BCUT2D eigenvalue weighted by Gasteiger charge is 2.31. The van der Waals surface area contributed by atoms with E-state index < -0.39 is 0 Å². The molecule has 1 aliphatic rings. The quantitative estimate of drug-likeness (QED) is 0.837. The first-order valence-electron chi connectivity index (χ1n) is 6.35. The standard InChI is InChI=1S/C14H19ClN2S/c1-9(2)8-17(11-4-5-11)13-6-3-10(15)7-12(13)14(16)18/h3,6-7,9,11H,4-5,8H2,1-2H3,(H2,16,18). The predicted octanol–water partition coefficient (Wildman–Crippen LogP) is 3.60. The summed E-state index contributed by atoms with van der Waals surface area (Å²) in [6, 6.07) is 6.46. The predicted molar refractivity (Wildman–Crippen MR) is 82.5 cm³/mol. The summed E-state index contributed by atoms with van der Waals surface area (Å²) in [4.78, 5) is 2.84. The molecule has 0 spiro atoms. The van der Waals surface area contributed by atoms with E-state index in [9.17, 15) is 0 Å². The largest absolute Gasteiger partial charge is 0.389 e. The van der Waals surface area contributed by atoms with Crippen molar-refractivity contribution in [1.29, 1.82) is 0 Å². The molecule has 0 saturated heterocycles. The molecular formula is C14H19ClN2S. The second-order valence-electron chi connectivity index (χ2n) is 5.30. The Morgan fingerprint density at radius 2 is 2.17 bits per heavy atom. The summed E-state index contributed by atoms with van der Waals surface area (Å²) in [5.41, 5.74) is 7.84. The van der Waals surface area contributed by atoms with Crippen molar-refractivity contribution in [2.24, 2.45) is 11.7 Å². The van der Waals surface area contributed by atoms with E-state index in [0.29, 0.717) is 22.0 Å². The minimum absolute atomic E-state index is 0.418. The summed E-state index contributed by atoms with van der Waals surface area (Å²) in [6.45, 7) is 5.49. The van der Waals surface area contributed by atoms with Gasteiger partial charge in [-0.15, -0.1) is 0 Å². The molecule has 0 unspecified atom stereocenters. The maximum absolute atomic E-state index is 6.03. The summed E-state index contributed by atoms with van der Waals surface area (Å²) in [5, 5.41) is 0.682. The molecule has 1 fully saturated rings. The highest BCUT2D eigenvalue weighted by atomic mass is 35.5. The average Bonchev–Trinajstić information content (AvgIpc) is 3.09. The second kappa shape index (κ2) is 5.45. The van der Waals surface area contributed by atoms with Gasteiger partial charge >= 0.3 is 0 Å². The monoisotopic (exact) mass is 282 g/mol. The minimum atomic E-state index is 0.418. The number of benzene rings is 1. The minimum Gasteiger partial charge on any atom is -0.389 e. The van der Waals surface area contributed by atoms with Crippen molar-refractivity contribution >= 4 is 34.5 Å². The zero-order valence-electron chi connectivity index (χ0n) is 10.8. The Bertz CT molecular complexity index is 455. The van der Waals surface area contributed by atoms with Crippen LogP contribution in [0, 0.1) is 5.92 Å². The molecule has 2 rings (SSSR count). The molecule has 2 nitrogen and oxygen atoms in total. The highest BCUT2D eigenvalue weighted by Crippen LogP contribution is 2.35. The van der Waals surface area contributed by atoms with Crippen LogP contribution < -0.4 is 10.6 Å². The van der Waals surface area contributed by atoms with Gasteiger partial charge < -0.3 is 10.6 Å². The molecule has 0 aliphatic heterocycles. The highest BCUT2D eigenvalue weighted by molar-refractivity contribution is 7.80. The van der Waals surface area contributed by atoms with Crippen LogP contribution in [0.15, 0.2) is 18.2 Å². The number of anilines is 1. The van der Waals surface area contributed by atoms with Gasteiger partial charge in [0.05, 0.1) is 0 Å². The molecule has 1 aromatic carbocycles. The van der Waals surface area contributed by atoms with Crippen LogP contribution in [0.4, 0.5) is 5.69 Å². The maximum atomic E-state index is 6.03. The van der Waals surface area contributed by atoms with Crippen LogP contribution in [0.3, 0.4) is 0 Å². The number of nitrogens with zero attached hydrogens (tertiary/aromatic N) is 1. The van der Waals surface area contributed by atoms with Crippen LogP contribution >= 0.6 is 23.8 Å². The van der Waals surface area contributed by atoms with E-state index in [1.54, 1.807) is 0 Å². The van der Waals surface area contributed by atoms with Crippen molar-refractivity contribution in [3.63, 3.8) is 0 Å². The van der Waals surface area contributed by atoms with Gasteiger partial charge in [0.2, 0.25) is 0 Å². The number of rotatable bonds is 5. The van der Waals surface area contributed by atoms with Gasteiger partial charge in [-0.1, -0.05) is 37.7 Å². The van der Waals surface area contributed by atoms with Gasteiger partial charge in [-0.25, -0.2) is 0 Å². The fraction of sp³-hybridized carbons (Fsp3) is 0.500. The summed E-state index contributed by atoms with van der Waals surface area (Å²) in [5.74, 6) is 0.612. The fourth-order valence-electron chi connectivity index (χ4n) is 2.18. The molecule has 0 aromatic heterocycles. The summed E-state index contributed by atoms with van der Waals surface area (Å²) in [6.07, 6.45) is 2.51. The van der Waals surface area contributed by atoms with E-state index >= 15 is 0 Å². The van der Waals surface area contributed by atoms with Crippen LogP contribution in [0.25, 0.3) is 0 Å². The van der Waals surface area contributed by atoms with Gasteiger partial charge in [-0.2, -0.15) is 0 Å². The Labute approximate surface area is 119 Å². The molecule has 1 saturated carbocycles. The molecule has 0 atom stereocenters. The van der Waals surface area contributed by atoms with E-state index in [4.69, 9.17) is 29.6 Å². The lowest BCUT2D eigenvalue weighted by Crippen LogP contribution is -2.31. The molecule has 0 bridgehead atoms. The number of hydrogen-bond donors (Lipinski definition) is 1. The number of thiocarbonyl (C=S) groups is 1. The maximum Gasteiger partial charge on any atom is 0.106 e. The van der Waals surface area contributed by atoms with Gasteiger partial charge in [-0.3, -0.25) is 0 Å². The molecule has 0 heterocycles. The first-order chi connectivity index (χ1) is 8.49. The van der Waals surface area contributed by atoms with E-state index in [2.05, 4.69) is 18.7 Å². The van der Waals surface area contributed by atoms with E-state index in [0.717, 1.165) is 17.8 Å². The lowest BCUT2D eigenvalue weighted by molar-refractivity contribution is 0.607. The Balaban J connectivity index is 2.37. The third kappa shape index (κ3) is 3.15. The Kier molecular flexibility index (Phi) is 4.13. The Morgan fingerprint density at radius 1 is 1.50 bits per heavy atom. The van der Waals surface area contributed by atoms with Crippen LogP contribution in [-0.2, 0) is 0 Å². The van der Waals surface area contributed by atoms with Crippen LogP contribution in [0.1, 0.15) is 32.3 Å². The van der Waals surface area contributed by atoms with Crippen LogP contribution in [-0.4, -0.2) is 17.6 Å². The molecule has 98 valence electrons. The first-order valence-corrected chi connectivity index (χ1v) is 7.13. The van der Waals surface area contributed by atoms with E-state index in [-0.39, 0.29) is 0 Å². The lowest BCUT2D eigenvalue weighted by Gasteiger charge is -2.28.